The van der Waals surface area contributed by atoms with Crippen LogP contribution in [0.15, 0.2) is 158 Å². The minimum absolute atomic E-state index is 0.203. The fourth-order valence-electron chi connectivity index (χ4n) is 12.6. The van der Waals surface area contributed by atoms with Gasteiger partial charge in [0, 0.05) is 26.9 Å². The van der Waals surface area contributed by atoms with E-state index in [0.29, 0.717) is 0 Å². The first-order valence-electron chi connectivity index (χ1n) is 19.9. The summed E-state index contributed by atoms with van der Waals surface area (Å²) >= 11 is 0. The monoisotopic (exact) mass is 700 g/mol. The number of benzene rings is 10. The predicted molar refractivity (Wildman–Crippen MR) is 240 cm³/mol. The summed E-state index contributed by atoms with van der Waals surface area (Å²) in [4.78, 5) is 0. The lowest BCUT2D eigenvalue weighted by atomic mass is 9.22. The third-order valence-electron chi connectivity index (χ3n) is 14.4. The van der Waals surface area contributed by atoms with Crippen molar-refractivity contribution in [2.24, 2.45) is 0 Å². The maximum atomic E-state index is 2.61. The number of rotatable bonds is 0. The van der Waals surface area contributed by atoms with Gasteiger partial charge in [-0.3, -0.25) is 0 Å². The number of para-hydroxylation sites is 2. The maximum Gasteiger partial charge on any atom is 0.242 e. The van der Waals surface area contributed by atoms with Crippen molar-refractivity contribution in [2.75, 3.05) is 0 Å². The molecule has 0 atom stereocenters. The Bertz CT molecular complexity index is 4020. The molecule has 0 amide bonds. The molecule has 0 unspecified atom stereocenters. The molecule has 0 spiro atoms. The van der Waals surface area contributed by atoms with Gasteiger partial charge in [0.25, 0.3) is 0 Å². The molecule has 3 aliphatic heterocycles. The number of hydrogen-bond donors (Lipinski definition) is 0. The second-order valence-electron chi connectivity index (χ2n) is 16.6. The van der Waals surface area contributed by atoms with Crippen molar-refractivity contribution in [3.8, 4) is 22.3 Å². The summed E-state index contributed by atoms with van der Waals surface area (Å²) in [6.45, 7) is 0.432. The molecule has 0 radical (unpaired) electrons. The zero-order valence-corrected chi connectivity index (χ0v) is 30.1. The predicted octanol–water partition coefficient (Wildman–Crippen LogP) is 8.45. The van der Waals surface area contributed by atoms with Crippen LogP contribution in [0.5, 0.6) is 0 Å². The van der Waals surface area contributed by atoms with Crippen LogP contribution in [0.3, 0.4) is 0 Å². The van der Waals surface area contributed by atoms with Crippen LogP contribution in [0.25, 0.3) is 109 Å². The minimum Gasteiger partial charge on any atom is -0.305 e. The average Bonchev–Trinajstić information content (AvgIpc) is 3.98. The van der Waals surface area contributed by atoms with Gasteiger partial charge in [-0.1, -0.05) is 172 Å². The van der Waals surface area contributed by atoms with Crippen molar-refractivity contribution < 1.29 is 0 Å². The van der Waals surface area contributed by atoms with Gasteiger partial charge in [0.1, 0.15) is 0 Å². The molecule has 0 aliphatic carbocycles. The second kappa shape index (κ2) is 8.91. The van der Waals surface area contributed by atoms with E-state index < -0.39 is 0 Å². The molecular weight excluding hydrogens is 674 g/mol. The summed E-state index contributed by atoms with van der Waals surface area (Å²) < 4.78 is 5.18. The Kier molecular flexibility index (Phi) is 4.38. The van der Waals surface area contributed by atoms with Gasteiger partial charge in [-0.15, -0.1) is 0 Å². The van der Waals surface area contributed by atoms with Crippen molar-refractivity contribution >= 4 is 133 Å². The fraction of sp³-hybridized carbons (Fsp3) is 0. The Morgan fingerprint density at radius 2 is 0.839 bits per heavy atom. The first kappa shape index (κ1) is 27.5. The van der Waals surface area contributed by atoms with Crippen molar-refractivity contribution in [3.63, 3.8) is 0 Å². The Balaban J connectivity index is 1.13. The molecule has 13 aromatic rings. The summed E-state index contributed by atoms with van der Waals surface area (Å²) in [5.74, 6) is 0. The first-order chi connectivity index (χ1) is 27.8. The molecule has 56 heavy (non-hydrogen) atoms. The Morgan fingerprint density at radius 1 is 0.304 bits per heavy atom. The summed E-state index contributed by atoms with van der Waals surface area (Å²) in [6.07, 6.45) is 0. The molecule has 4 heteroatoms. The molecule has 0 saturated carbocycles. The zero-order chi connectivity index (χ0) is 35.7. The average molecular weight is 700 g/mol. The van der Waals surface area contributed by atoms with Gasteiger partial charge in [0.2, 0.25) is 13.4 Å². The smallest absolute Gasteiger partial charge is 0.242 e. The molecule has 0 fully saturated rings. The highest BCUT2D eigenvalue weighted by Crippen LogP contribution is 2.46. The number of nitrogens with zero attached hydrogens (tertiary/aromatic N) is 2. The topological polar surface area (TPSA) is 8.82 Å². The van der Waals surface area contributed by atoms with Crippen LogP contribution in [-0.4, -0.2) is 22.2 Å². The van der Waals surface area contributed by atoms with E-state index in [0.717, 1.165) is 0 Å². The molecule has 3 aromatic heterocycles. The Labute approximate surface area is 320 Å². The molecule has 6 heterocycles. The molecule has 16 rings (SSSR count). The van der Waals surface area contributed by atoms with Gasteiger partial charge in [-0.25, -0.2) is 0 Å². The van der Waals surface area contributed by atoms with Crippen molar-refractivity contribution in [2.45, 2.75) is 0 Å². The third kappa shape index (κ3) is 2.78. The van der Waals surface area contributed by atoms with Crippen LogP contribution in [0, 0.1) is 0 Å². The summed E-state index contributed by atoms with van der Waals surface area (Å²) in [6, 6.07) is 60.8. The van der Waals surface area contributed by atoms with E-state index in [1.807, 2.05) is 0 Å². The first-order valence-corrected chi connectivity index (χ1v) is 19.9. The summed E-state index contributed by atoms with van der Waals surface area (Å²) in [7, 11) is 0. The lowest BCUT2D eigenvalue weighted by Gasteiger charge is -2.30. The van der Waals surface area contributed by atoms with E-state index in [4.69, 9.17) is 0 Å². The van der Waals surface area contributed by atoms with Gasteiger partial charge in [-0.2, -0.15) is 0 Å². The van der Waals surface area contributed by atoms with E-state index in [1.54, 1.807) is 0 Å². The summed E-state index contributed by atoms with van der Waals surface area (Å²) in [5.41, 5.74) is 22.2. The molecule has 3 aliphatic rings. The highest BCUT2D eigenvalue weighted by molar-refractivity contribution is 7.15. The van der Waals surface area contributed by atoms with Crippen LogP contribution >= 0.6 is 0 Å². The third-order valence-corrected chi connectivity index (χ3v) is 14.4. The van der Waals surface area contributed by atoms with Crippen LogP contribution in [0.1, 0.15) is 0 Å². The highest BCUT2D eigenvalue weighted by atomic mass is 15.0. The summed E-state index contributed by atoms with van der Waals surface area (Å²) in [5, 5.41) is 13.4. The molecule has 10 aromatic carbocycles. The second-order valence-corrected chi connectivity index (χ2v) is 16.6. The van der Waals surface area contributed by atoms with Gasteiger partial charge in [0.05, 0.1) is 33.1 Å². The van der Waals surface area contributed by atoms with E-state index in [1.165, 1.54) is 142 Å². The van der Waals surface area contributed by atoms with Crippen LogP contribution in [-0.2, 0) is 0 Å². The van der Waals surface area contributed by atoms with Crippen LogP contribution in [0.4, 0.5) is 0 Å². The molecule has 0 bridgehead atoms. The van der Waals surface area contributed by atoms with Gasteiger partial charge < -0.3 is 8.80 Å². The number of hydrogen-bond acceptors (Lipinski definition) is 0. The maximum absolute atomic E-state index is 2.61. The van der Waals surface area contributed by atoms with E-state index >= 15 is 0 Å². The zero-order valence-electron chi connectivity index (χ0n) is 30.1. The molecule has 0 N–H and O–H groups in total. The van der Waals surface area contributed by atoms with Crippen LogP contribution in [0.2, 0.25) is 0 Å². The largest absolute Gasteiger partial charge is 0.305 e. The SMILES string of the molecule is c1ccc2c(c1)B1c3cc4ccc5c6c(ccc(c3B3c7ccccc7-c7ccc-2c1c73)c46)cc1c5n2c3ccccc3c3ccc4c5ccccc5n1c4c32. The quantitative estimate of drug-likeness (QED) is 0.0854. The number of aromatic nitrogens is 2. The van der Waals surface area contributed by atoms with E-state index in [9.17, 15) is 0 Å². The van der Waals surface area contributed by atoms with Crippen molar-refractivity contribution in [1.82, 2.24) is 8.80 Å². The van der Waals surface area contributed by atoms with E-state index in [-0.39, 0.29) is 13.4 Å². The lowest BCUT2D eigenvalue weighted by Crippen LogP contribution is -2.72. The Hall–Kier alpha value is -7.03. The van der Waals surface area contributed by atoms with Crippen LogP contribution < -0.4 is 32.8 Å². The highest BCUT2D eigenvalue weighted by Gasteiger charge is 2.49. The van der Waals surface area contributed by atoms with Gasteiger partial charge in [0.15, 0.2) is 0 Å². The molecular formula is C52H26B2N2. The fourth-order valence-corrected chi connectivity index (χ4v) is 12.6. The molecule has 2 nitrogen and oxygen atoms in total. The normalized spacial score (nSPS) is 14.0. The van der Waals surface area contributed by atoms with Crippen molar-refractivity contribution in [1.29, 1.82) is 0 Å². The minimum atomic E-state index is 0.203. The Morgan fingerprint density at radius 3 is 1.57 bits per heavy atom. The molecule has 0 saturated heterocycles. The number of fused-ring (bicyclic) bond motifs is 20. The molecule has 250 valence electrons. The van der Waals surface area contributed by atoms with Gasteiger partial charge in [-0.05, 0) is 67.4 Å². The van der Waals surface area contributed by atoms with Crippen molar-refractivity contribution in [3.05, 3.63) is 158 Å². The standard InChI is InChI=1S/C52H26B2N2/c1-5-13-39-29(9-1)33-21-22-34-30-10-2-6-14-40(30)54-47-37-19-17-28-26-44-50(38-20-18-27(45(37)46(28)38)25-41(47)53(39)48(33)49(34)54)56-43-16-8-4-12-32(43)36-24-23-35-31-11-3-7-15-42(31)55(44)51(35)52(36)56/h1-26H. The lowest BCUT2D eigenvalue weighted by molar-refractivity contribution is 1.27. The van der Waals surface area contributed by atoms with Gasteiger partial charge >= 0.3 is 0 Å². The van der Waals surface area contributed by atoms with E-state index in [2.05, 4.69) is 167 Å².